The summed E-state index contributed by atoms with van der Waals surface area (Å²) in [6.45, 7) is 11.6. The fourth-order valence-corrected chi connectivity index (χ4v) is 1.77. The second-order valence-corrected chi connectivity index (χ2v) is 3.94. The van der Waals surface area contributed by atoms with Crippen LogP contribution in [0.3, 0.4) is 0 Å². The van der Waals surface area contributed by atoms with Crippen LogP contribution >= 0.6 is 0 Å². The fourth-order valence-electron chi connectivity index (χ4n) is 1.77. The van der Waals surface area contributed by atoms with Gasteiger partial charge in [0.2, 0.25) is 0 Å². The van der Waals surface area contributed by atoms with Crippen LogP contribution in [0.2, 0.25) is 0 Å². The molecule has 0 heterocycles. The molecule has 0 amide bonds. The predicted octanol–water partition coefficient (Wildman–Crippen LogP) is 4.35. The van der Waals surface area contributed by atoms with Crippen molar-refractivity contribution in [1.82, 2.24) is 0 Å². The Morgan fingerprint density at radius 3 is 1.36 bits per heavy atom. The van der Waals surface area contributed by atoms with Crippen LogP contribution in [0.5, 0.6) is 0 Å². The molecule has 0 spiro atoms. The van der Waals surface area contributed by atoms with Gasteiger partial charge in [0.15, 0.2) is 0 Å². The van der Waals surface area contributed by atoms with Gasteiger partial charge in [-0.3, -0.25) is 0 Å². The van der Waals surface area contributed by atoms with Gasteiger partial charge < -0.3 is 0 Å². The summed E-state index contributed by atoms with van der Waals surface area (Å²) in [6.07, 6.45) is 2.73. The van der Waals surface area contributed by atoms with E-state index < -0.39 is 0 Å². The predicted molar refractivity (Wildman–Crippen MR) is 54.8 cm³/mol. The lowest BCUT2D eigenvalue weighted by atomic mass is 9.82. The molecule has 0 fully saturated rings. The Hall–Kier alpha value is 0. The molecule has 0 radical (unpaired) electrons. The first-order valence-electron chi connectivity index (χ1n) is 4.59. The molecule has 11 heavy (non-hydrogen) atoms. The van der Waals surface area contributed by atoms with Gasteiger partial charge in [-0.2, -0.15) is 0 Å². The van der Waals surface area contributed by atoms with Crippen molar-refractivity contribution in [3.63, 3.8) is 0 Å². The summed E-state index contributed by atoms with van der Waals surface area (Å²) < 4.78 is 0. The standard InChI is InChI=1S/C10H22.CH4/c1-6-7-10(8(2)3)9(4)5;/h8-10H,6-7H2,1-5H3;1H4. The van der Waals surface area contributed by atoms with E-state index in [9.17, 15) is 0 Å². The second kappa shape index (κ2) is 6.69. The minimum absolute atomic E-state index is 0. The molecule has 0 saturated carbocycles. The summed E-state index contributed by atoms with van der Waals surface area (Å²) in [5, 5.41) is 0. The van der Waals surface area contributed by atoms with Gasteiger partial charge in [0.05, 0.1) is 0 Å². The topological polar surface area (TPSA) is 0 Å². The third-order valence-corrected chi connectivity index (χ3v) is 2.33. The first kappa shape index (κ1) is 13.6. The van der Waals surface area contributed by atoms with E-state index in [4.69, 9.17) is 0 Å². The van der Waals surface area contributed by atoms with Crippen molar-refractivity contribution >= 4 is 0 Å². The number of hydrogen-bond donors (Lipinski definition) is 0. The Kier molecular flexibility index (Phi) is 8.26. The van der Waals surface area contributed by atoms with Crippen molar-refractivity contribution in [2.24, 2.45) is 17.8 Å². The maximum Gasteiger partial charge on any atom is -0.0368 e. The molecule has 70 valence electrons. The first-order valence-corrected chi connectivity index (χ1v) is 4.59. The van der Waals surface area contributed by atoms with Gasteiger partial charge in [0.1, 0.15) is 0 Å². The van der Waals surface area contributed by atoms with E-state index in [2.05, 4.69) is 34.6 Å². The molecule has 0 atom stereocenters. The zero-order valence-electron chi connectivity index (χ0n) is 8.15. The van der Waals surface area contributed by atoms with E-state index in [1.165, 1.54) is 12.8 Å². The van der Waals surface area contributed by atoms with E-state index in [0.29, 0.717) is 0 Å². The largest absolute Gasteiger partial charge is 0.0776 e. The zero-order chi connectivity index (χ0) is 8.15. The first-order chi connectivity index (χ1) is 4.59. The smallest absolute Gasteiger partial charge is 0.0368 e. The average Bonchev–Trinajstić information content (AvgIpc) is 1.81. The third kappa shape index (κ3) is 5.29. The van der Waals surface area contributed by atoms with E-state index in [1.54, 1.807) is 0 Å². The minimum Gasteiger partial charge on any atom is -0.0776 e. The zero-order valence-corrected chi connectivity index (χ0v) is 8.15. The van der Waals surface area contributed by atoms with Crippen LogP contribution in [-0.2, 0) is 0 Å². The van der Waals surface area contributed by atoms with Gasteiger partial charge in [0.25, 0.3) is 0 Å². The summed E-state index contributed by atoms with van der Waals surface area (Å²) >= 11 is 0. The molecule has 0 aromatic carbocycles. The molecule has 0 N–H and O–H groups in total. The lowest BCUT2D eigenvalue weighted by Crippen LogP contribution is -2.14. The van der Waals surface area contributed by atoms with Crippen LogP contribution in [0.4, 0.5) is 0 Å². The van der Waals surface area contributed by atoms with Gasteiger partial charge in [-0.1, -0.05) is 54.9 Å². The van der Waals surface area contributed by atoms with E-state index in [-0.39, 0.29) is 7.43 Å². The Morgan fingerprint density at radius 1 is 0.909 bits per heavy atom. The van der Waals surface area contributed by atoms with Crippen LogP contribution in [0, 0.1) is 17.8 Å². The fraction of sp³-hybridized carbons (Fsp3) is 1.00. The maximum absolute atomic E-state index is 2.33. The van der Waals surface area contributed by atoms with E-state index in [0.717, 1.165) is 17.8 Å². The molecule has 0 aliphatic heterocycles. The molecule has 0 aliphatic rings. The minimum atomic E-state index is 0. The van der Waals surface area contributed by atoms with E-state index in [1.807, 2.05) is 0 Å². The van der Waals surface area contributed by atoms with Crippen LogP contribution < -0.4 is 0 Å². The van der Waals surface area contributed by atoms with Crippen molar-refractivity contribution < 1.29 is 0 Å². The second-order valence-electron chi connectivity index (χ2n) is 3.94. The Morgan fingerprint density at radius 2 is 1.27 bits per heavy atom. The van der Waals surface area contributed by atoms with Gasteiger partial charge in [-0.15, -0.1) is 0 Å². The normalized spacial score (nSPS) is 10.9. The molecule has 0 saturated heterocycles. The summed E-state index contributed by atoms with van der Waals surface area (Å²) in [7, 11) is 0. The van der Waals surface area contributed by atoms with Crippen LogP contribution in [0.15, 0.2) is 0 Å². The summed E-state index contributed by atoms with van der Waals surface area (Å²) in [5.41, 5.74) is 0. The third-order valence-electron chi connectivity index (χ3n) is 2.33. The molecule has 0 nitrogen and oxygen atoms in total. The highest BCUT2D eigenvalue weighted by Gasteiger charge is 2.15. The summed E-state index contributed by atoms with van der Waals surface area (Å²) in [4.78, 5) is 0. The lowest BCUT2D eigenvalue weighted by Gasteiger charge is -2.23. The molecule has 0 rings (SSSR count). The Bertz CT molecular complexity index is 64.1. The highest BCUT2D eigenvalue weighted by molar-refractivity contribution is 4.65. The van der Waals surface area contributed by atoms with Crippen molar-refractivity contribution in [2.45, 2.75) is 54.9 Å². The highest BCUT2D eigenvalue weighted by atomic mass is 14.2. The Labute approximate surface area is 73.4 Å². The monoisotopic (exact) mass is 158 g/mol. The molecule has 0 bridgehead atoms. The van der Waals surface area contributed by atoms with Gasteiger partial charge in [-0.05, 0) is 17.8 Å². The molecule has 0 heteroatoms. The van der Waals surface area contributed by atoms with Crippen LogP contribution in [-0.4, -0.2) is 0 Å². The van der Waals surface area contributed by atoms with Crippen molar-refractivity contribution in [1.29, 1.82) is 0 Å². The van der Waals surface area contributed by atoms with E-state index >= 15 is 0 Å². The van der Waals surface area contributed by atoms with Crippen LogP contribution in [0.25, 0.3) is 0 Å². The molecular weight excluding hydrogens is 132 g/mol. The van der Waals surface area contributed by atoms with Crippen LogP contribution in [0.1, 0.15) is 54.9 Å². The lowest BCUT2D eigenvalue weighted by molar-refractivity contribution is 0.267. The van der Waals surface area contributed by atoms with Crippen molar-refractivity contribution in [2.75, 3.05) is 0 Å². The SMILES string of the molecule is C.CCCC(C(C)C)C(C)C. The molecule has 0 unspecified atom stereocenters. The van der Waals surface area contributed by atoms with Crippen molar-refractivity contribution in [3.8, 4) is 0 Å². The maximum atomic E-state index is 2.33. The van der Waals surface area contributed by atoms with Gasteiger partial charge >= 0.3 is 0 Å². The quantitative estimate of drug-likeness (QED) is 0.570. The number of rotatable bonds is 4. The molecule has 0 aromatic heterocycles. The molecule has 0 aromatic rings. The Balaban J connectivity index is 0. The molecule has 0 aliphatic carbocycles. The highest BCUT2D eigenvalue weighted by Crippen LogP contribution is 2.24. The summed E-state index contributed by atoms with van der Waals surface area (Å²) in [6, 6.07) is 0. The van der Waals surface area contributed by atoms with Gasteiger partial charge in [-0.25, -0.2) is 0 Å². The van der Waals surface area contributed by atoms with Gasteiger partial charge in [0, 0.05) is 0 Å². The van der Waals surface area contributed by atoms with Crippen molar-refractivity contribution in [3.05, 3.63) is 0 Å². The molecular formula is C11H26. The average molecular weight is 158 g/mol. The summed E-state index contributed by atoms with van der Waals surface area (Å²) in [5.74, 6) is 2.66. The number of hydrogen-bond acceptors (Lipinski definition) is 0.